The van der Waals surface area contributed by atoms with Crippen molar-refractivity contribution < 1.29 is 13.2 Å². The summed E-state index contributed by atoms with van der Waals surface area (Å²) in [6, 6.07) is 11.6. The molecule has 3 heterocycles. The van der Waals surface area contributed by atoms with Crippen molar-refractivity contribution in [3.05, 3.63) is 66.0 Å². The number of imidazole rings is 1. The Morgan fingerprint density at radius 3 is 2.38 bits per heavy atom. The fourth-order valence-electron chi connectivity index (χ4n) is 3.14. The van der Waals surface area contributed by atoms with E-state index in [1.807, 2.05) is 12.1 Å². The number of nitrogens with one attached hydrogen (secondary N) is 1. The molecule has 0 aliphatic heterocycles. The van der Waals surface area contributed by atoms with E-state index in [4.69, 9.17) is 0 Å². The number of nitrogens with zero attached hydrogens (tertiary/aromatic N) is 3. The zero-order valence-electron chi connectivity index (χ0n) is 16.2. The SMILES string of the molecule is CC(C)(C)c1ccc2nc(-c3ccc(-c4ncccc4C(F)(F)F)cn3)[nH]c2c1. The van der Waals surface area contributed by atoms with E-state index < -0.39 is 11.7 Å². The second kappa shape index (κ2) is 6.69. The first-order valence-electron chi connectivity index (χ1n) is 9.12. The van der Waals surface area contributed by atoms with Gasteiger partial charge in [-0.1, -0.05) is 26.8 Å². The minimum atomic E-state index is -4.48. The van der Waals surface area contributed by atoms with Crippen LogP contribution >= 0.6 is 0 Å². The summed E-state index contributed by atoms with van der Waals surface area (Å²) in [7, 11) is 0. The van der Waals surface area contributed by atoms with Crippen LogP contribution in [0.4, 0.5) is 13.2 Å². The van der Waals surface area contributed by atoms with Crippen LogP contribution in [-0.2, 0) is 11.6 Å². The zero-order chi connectivity index (χ0) is 20.8. The van der Waals surface area contributed by atoms with Gasteiger partial charge in [-0.15, -0.1) is 0 Å². The molecular weight excluding hydrogens is 377 g/mol. The van der Waals surface area contributed by atoms with Crippen LogP contribution in [0.25, 0.3) is 33.8 Å². The first-order chi connectivity index (χ1) is 13.6. The maximum atomic E-state index is 13.2. The topological polar surface area (TPSA) is 54.5 Å². The van der Waals surface area contributed by atoms with Crippen LogP contribution in [0.3, 0.4) is 0 Å². The van der Waals surface area contributed by atoms with E-state index in [9.17, 15) is 13.2 Å². The minimum absolute atomic E-state index is 0.0121. The van der Waals surface area contributed by atoms with E-state index in [0.717, 1.165) is 17.1 Å². The second-order valence-electron chi connectivity index (χ2n) is 7.90. The summed E-state index contributed by atoms with van der Waals surface area (Å²) in [5, 5.41) is 0. The molecule has 0 fully saturated rings. The van der Waals surface area contributed by atoms with E-state index >= 15 is 0 Å². The summed E-state index contributed by atoms with van der Waals surface area (Å²) < 4.78 is 39.7. The quantitative estimate of drug-likeness (QED) is 0.452. The number of halogens is 3. The molecule has 4 nitrogen and oxygen atoms in total. The number of rotatable bonds is 2. The molecule has 4 aromatic rings. The number of benzene rings is 1. The molecule has 0 spiro atoms. The molecule has 7 heteroatoms. The number of aromatic nitrogens is 4. The van der Waals surface area contributed by atoms with Gasteiger partial charge in [0.25, 0.3) is 0 Å². The molecule has 1 aromatic carbocycles. The third-order valence-electron chi connectivity index (χ3n) is 4.74. The van der Waals surface area contributed by atoms with E-state index in [0.29, 0.717) is 17.1 Å². The Morgan fingerprint density at radius 2 is 1.72 bits per heavy atom. The Labute approximate surface area is 165 Å². The molecule has 0 aliphatic rings. The van der Waals surface area contributed by atoms with Crippen LogP contribution in [0.5, 0.6) is 0 Å². The van der Waals surface area contributed by atoms with Crippen LogP contribution in [-0.4, -0.2) is 19.9 Å². The van der Waals surface area contributed by atoms with E-state index in [1.54, 1.807) is 12.1 Å². The largest absolute Gasteiger partial charge is 0.418 e. The van der Waals surface area contributed by atoms with E-state index in [-0.39, 0.29) is 11.1 Å². The van der Waals surface area contributed by atoms with Crippen molar-refractivity contribution in [3.63, 3.8) is 0 Å². The summed E-state index contributed by atoms with van der Waals surface area (Å²) in [4.78, 5) is 16.0. The monoisotopic (exact) mass is 396 g/mol. The number of aromatic amines is 1. The van der Waals surface area contributed by atoms with Crippen molar-refractivity contribution in [1.29, 1.82) is 0 Å². The highest BCUT2D eigenvalue weighted by Crippen LogP contribution is 2.35. The number of pyridine rings is 2. The van der Waals surface area contributed by atoms with Crippen molar-refractivity contribution in [2.75, 3.05) is 0 Å². The Balaban J connectivity index is 1.70. The normalized spacial score (nSPS) is 12.5. The summed E-state index contributed by atoms with van der Waals surface area (Å²) in [5.41, 5.74) is 2.81. The lowest BCUT2D eigenvalue weighted by atomic mass is 9.87. The van der Waals surface area contributed by atoms with Gasteiger partial charge in [0.05, 0.1) is 22.3 Å². The fourth-order valence-corrected chi connectivity index (χ4v) is 3.14. The van der Waals surface area contributed by atoms with Crippen molar-refractivity contribution in [1.82, 2.24) is 19.9 Å². The average Bonchev–Trinajstić information content (AvgIpc) is 3.10. The van der Waals surface area contributed by atoms with Crippen molar-refractivity contribution in [2.24, 2.45) is 0 Å². The second-order valence-corrected chi connectivity index (χ2v) is 7.90. The number of hydrogen-bond donors (Lipinski definition) is 1. The van der Waals surface area contributed by atoms with Gasteiger partial charge in [-0.05, 0) is 47.4 Å². The third-order valence-corrected chi connectivity index (χ3v) is 4.74. The van der Waals surface area contributed by atoms with Gasteiger partial charge in [-0.2, -0.15) is 13.2 Å². The van der Waals surface area contributed by atoms with Gasteiger partial charge >= 0.3 is 6.18 Å². The molecule has 0 unspecified atom stereocenters. The molecule has 0 radical (unpaired) electrons. The Morgan fingerprint density at radius 1 is 0.931 bits per heavy atom. The fraction of sp³-hybridized carbons (Fsp3) is 0.227. The molecule has 0 amide bonds. The van der Waals surface area contributed by atoms with Crippen LogP contribution < -0.4 is 0 Å². The number of hydrogen-bond acceptors (Lipinski definition) is 3. The van der Waals surface area contributed by atoms with Gasteiger partial charge in [0.1, 0.15) is 5.69 Å². The van der Waals surface area contributed by atoms with Crippen LogP contribution in [0.2, 0.25) is 0 Å². The summed E-state index contributed by atoms with van der Waals surface area (Å²) >= 11 is 0. The molecule has 0 atom stereocenters. The van der Waals surface area contributed by atoms with Crippen LogP contribution in [0.15, 0.2) is 54.9 Å². The van der Waals surface area contributed by atoms with Gasteiger partial charge < -0.3 is 4.98 Å². The first kappa shape index (κ1) is 19.1. The molecule has 0 aliphatic carbocycles. The molecular formula is C22H19F3N4. The lowest BCUT2D eigenvalue weighted by Gasteiger charge is -2.18. The molecule has 0 saturated heterocycles. The predicted molar refractivity (Wildman–Crippen MR) is 106 cm³/mol. The lowest BCUT2D eigenvalue weighted by Crippen LogP contribution is -2.10. The lowest BCUT2D eigenvalue weighted by molar-refractivity contribution is -0.137. The molecule has 4 rings (SSSR count). The van der Waals surface area contributed by atoms with Gasteiger partial charge in [0.2, 0.25) is 0 Å². The zero-order valence-corrected chi connectivity index (χ0v) is 16.2. The number of fused-ring (bicyclic) bond motifs is 1. The van der Waals surface area contributed by atoms with Gasteiger partial charge in [0, 0.05) is 18.0 Å². The molecule has 0 saturated carbocycles. The van der Waals surface area contributed by atoms with Crippen molar-refractivity contribution >= 4 is 11.0 Å². The number of H-pyrrole nitrogens is 1. The summed E-state index contributed by atoms with van der Waals surface area (Å²) in [6.45, 7) is 6.41. The Kier molecular flexibility index (Phi) is 4.41. The highest BCUT2D eigenvalue weighted by molar-refractivity contribution is 5.80. The summed E-state index contributed by atoms with van der Waals surface area (Å²) in [6.07, 6.45) is -1.75. The van der Waals surface area contributed by atoms with Gasteiger partial charge in [0.15, 0.2) is 5.82 Å². The molecule has 1 N–H and O–H groups in total. The minimum Gasteiger partial charge on any atom is -0.337 e. The molecule has 148 valence electrons. The van der Waals surface area contributed by atoms with E-state index in [2.05, 4.69) is 46.8 Å². The third kappa shape index (κ3) is 3.72. The first-order valence-corrected chi connectivity index (χ1v) is 9.12. The molecule has 3 aromatic heterocycles. The highest BCUT2D eigenvalue weighted by Gasteiger charge is 2.34. The Hall–Kier alpha value is -3.22. The van der Waals surface area contributed by atoms with Gasteiger partial charge in [-0.3, -0.25) is 9.97 Å². The van der Waals surface area contributed by atoms with Gasteiger partial charge in [-0.25, -0.2) is 4.98 Å². The number of alkyl halides is 3. The maximum absolute atomic E-state index is 13.2. The van der Waals surface area contributed by atoms with Crippen molar-refractivity contribution in [3.8, 4) is 22.8 Å². The Bertz CT molecular complexity index is 1170. The maximum Gasteiger partial charge on any atom is 0.418 e. The summed E-state index contributed by atoms with van der Waals surface area (Å²) in [5.74, 6) is 0.565. The van der Waals surface area contributed by atoms with Crippen LogP contribution in [0.1, 0.15) is 31.9 Å². The smallest absolute Gasteiger partial charge is 0.337 e. The highest BCUT2D eigenvalue weighted by atomic mass is 19.4. The molecule has 0 bridgehead atoms. The molecule has 29 heavy (non-hydrogen) atoms. The average molecular weight is 396 g/mol. The van der Waals surface area contributed by atoms with Crippen molar-refractivity contribution in [2.45, 2.75) is 32.4 Å². The predicted octanol–water partition coefficient (Wildman–Crippen LogP) is 6.00. The standard InChI is InChI=1S/C22H19F3N4/c1-21(2,3)14-7-9-16-18(11-14)29-20(28-16)17-8-6-13(12-27-17)19-15(22(23,24)25)5-4-10-26-19/h4-12H,1-3H3,(H,28,29). The van der Waals surface area contributed by atoms with E-state index in [1.165, 1.54) is 24.0 Å². The van der Waals surface area contributed by atoms with Crippen LogP contribution in [0, 0.1) is 0 Å².